The normalized spacial score (nSPS) is 11.0. The molecule has 0 aliphatic rings. The minimum Gasteiger partial charge on any atom is -0.391 e. The highest BCUT2D eigenvalue weighted by Crippen LogP contribution is 2.27. The largest absolute Gasteiger partial charge is 0.391 e. The Bertz CT molecular complexity index is 793. The van der Waals surface area contributed by atoms with Gasteiger partial charge in [0.25, 0.3) is 5.56 Å². The molecule has 0 saturated heterocycles. The van der Waals surface area contributed by atoms with E-state index in [1.165, 1.54) is 11.8 Å². The molecule has 102 valence electrons. The van der Waals surface area contributed by atoms with Gasteiger partial charge >= 0.3 is 0 Å². The Kier molecular flexibility index (Phi) is 3.33. The van der Waals surface area contributed by atoms with Gasteiger partial charge in [-0.1, -0.05) is 23.9 Å². The number of thiazole rings is 1. The quantitative estimate of drug-likeness (QED) is 0.503. The maximum Gasteiger partial charge on any atom is 0.276 e. The predicted octanol–water partition coefficient (Wildman–Crippen LogP) is 1.84. The van der Waals surface area contributed by atoms with Crippen molar-refractivity contribution < 1.29 is 0 Å². The molecule has 2 aromatic heterocycles. The summed E-state index contributed by atoms with van der Waals surface area (Å²) in [5.41, 5.74) is 11.5. The number of benzene rings is 1. The van der Waals surface area contributed by atoms with Crippen molar-refractivity contribution in [1.29, 1.82) is 0 Å². The number of nitrogen functional groups attached to an aromatic ring is 2. The Morgan fingerprint density at radius 3 is 2.80 bits per heavy atom. The number of thioether (sulfide) groups is 1. The fourth-order valence-corrected chi connectivity index (χ4v) is 3.49. The van der Waals surface area contributed by atoms with Gasteiger partial charge in [0, 0.05) is 0 Å². The Labute approximate surface area is 122 Å². The molecule has 1 aromatic carbocycles. The zero-order valence-electron chi connectivity index (χ0n) is 10.3. The van der Waals surface area contributed by atoms with Crippen LogP contribution in [-0.2, 0) is 5.75 Å². The summed E-state index contributed by atoms with van der Waals surface area (Å²) in [7, 11) is 0. The summed E-state index contributed by atoms with van der Waals surface area (Å²) < 4.78 is 1.14. The minimum atomic E-state index is -0.413. The summed E-state index contributed by atoms with van der Waals surface area (Å²) in [5, 5.41) is 1.41. The lowest BCUT2D eigenvalue weighted by Gasteiger charge is -2.01. The third-order valence-electron chi connectivity index (χ3n) is 2.63. The summed E-state index contributed by atoms with van der Waals surface area (Å²) >= 11 is 2.99. The molecule has 0 atom stereocenters. The van der Waals surface area contributed by atoms with Crippen molar-refractivity contribution in [1.82, 2.24) is 15.0 Å². The zero-order valence-corrected chi connectivity index (χ0v) is 11.9. The van der Waals surface area contributed by atoms with Crippen LogP contribution in [0, 0.1) is 0 Å². The second-order valence-corrected chi connectivity index (χ2v) is 6.11. The zero-order chi connectivity index (χ0) is 14.1. The highest BCUT2D eigenvalue weighted by molar-refractivity contribution is 7.98. The van der Waals surface area contributed by atoms with Crippen LogP contribution in [0.15, 0.2) is 34.2 Å². The van der Waals surface area contributed by atoms with Gasteiger partial charge in [0.2, 0.25) is 0 Å². The lowest BCUT2D eigenvalue weighted by atomic mass is 10.3. The molecule has 0 aliphatic carbocycles. The Balaban J connectivity index is 1.81. The molecule has 6 nitrogen and oxygen atoms in total. The van der Waals surface area contributed by atoms with Crippen LogP contribution in [0.3, 0.4) is 0 Å². The van der Waals surface area contributed by atoms with E-state index in [1.54, 1.807) is 11.3 Å². The first-order chi connectivity index (χ1) is 9.63. The van der Waals surface area contributed by atoms with Gasteiger partial charge in [-0.3, -0.25) is 9.78 Å². The molecule has 0 amide bonds. The number of para-hydroxylation sites is 1. The number of nitrogens with one attached hydrogen (secondary N) is 1. The van der Waals surface area contributed by atoms with E-state index >= 15 is 0 Å². The highest BCUT2D eigenvalue weighted by atomic mass is 32.2. The topological polar surface area (TPSA) is 111 Å². The molecule has 20 heavy (non-hydrogen) atoms. The van der Waals surface area contributed by atoms with E-state index in [2.05, 4.69) is 15.0 Å². The SMILES string of the molecule is Nc1nc(SCc2nc3ccccc3s2)[nH]c(=O)c1N. The molecule has 0 spiro atoms. The van der Waals surface area contributed by atoms with Gasteiger partial charge < -0.3 is 11.5 Å². The van der Waals surface area contributed by atoms with Gasteiger partial charge in [0.15, 0.2) is 11.0 Å². The average Bonchev–Trinajstić information content (AvgIpc) is 2.85. The van der Waals surface area contributed by atoms with Crippen molar-refractivity contribution >= 4 is 44.8 Å². The van der Waals surface area contributed by atoms with E-state index < -0.39 is 5.56 Å². The lowest BCUT2D eigenvalue weighted by Crippen LogP contribution is -2.16. The van der Waals surface area contributed by atoms with Crippen molar-refractivity contribution in [2.45, 2.75) is 10.9 Å². The minimum absolute atomic E-state index is 0.0469. The summed E-state index contributed by atoms with van der Waals surface area (Å²) in [5.74, 6) is 0.673. The van der Waals surface area contributed by atoms with E-state index in [1.807, 2.05) is 24.3 Å². The Morgan fingerprint density at radius 2 is 2.05 bits per heavy atom. The Morgan fingerprint density at radius 1 is 1.25 bits per heavy atom. The van der Waals surface area contributed by atoms with E-state index in [9.17, 15) is 4.79 Å². The molecule has 3 aromatic rings. The van der Waals surface area contributed by atoms with Gasteiger partial charge in [-0.15, -0.1) is 11.3 Å². The molecular weight excluding hydrogens is 294 g/mol. The van der Waals surface area contributed by atoms with Crippen LogP contribution in [0.5, 0.6) is 0 Å². The Hall–Kier alpha value is -2.06. The molecule has 0 saturated carbocycles. The smallest absolute Gasteiger partial charge is 0.276 e. The van der Waals surface area contributed by atoms with Crippen LogP contribution in [0.2, 0.25) is 0 Å². The lowest BCUT2D eigenvalue weighted by molar-refractivity contribution is 0.949. The number of H-pyrrole nitrogens is 1. The van der Waals surface area contributed by atoms with Gasteiger partial charge in [0.1, 0.15) is 10.7 Å². The van der Waals surface area contributed by atoms with E-state index in [0.29, 0.717) is 10.9 Å². The van der Waals surface area contributed by atoms with Gasteiger partial charge in [-0.05, 0) is 12.1 Å². The number of hydrogen-bond donors (Lipinski definition) is 3. The maximum atomic E-state index is 11.5. The number of hydrogen-bond acceptors (Lipinski definition) is 7. The van der Waals surface area contributed by atoms with Crippen LogP contribution >= 0.6 is 23.1 Å². The molecule has 8 heteroatoms. The number of nitrogens with two attached hydrogens (primary N) is 2. The number of anilines is 2. The van der Waals surface area contributed by atoms with Crippen LogP contribution < -0.4 is 17.0 Å². The molecule has 0 aliphatic heterocycles. The second-order valence-electron chi connectivity index (χ2n) is 4.03. The maximum absolute atomic E-state index is 11.5. The standard InChI is InChI=1S/C12H11N5OS2/c13-9-10(14)16-12(17-11(9)18)19-5-8-15-6-3-1-2-4-7(6)20-8/h1-4H,5,13H2,(H3,14,16,17,18). The van der Waals surface area contributed by atoms with Crippen molar-refractivity contribution in [3.63, 3.8) is 0 Å². The fourth-order valence-electron chi connectivity index (χ4n) is 1.66. The molecule has 0 bridgehead atoms. The van der Waals surface area contributed by atoms with Crippen molar-refractivity contribution in [3.8, 4) is 0 Å². The van der Waals surface area contributed by atoms with Crippen molar-refractivity contribution in [2.24, 2.45) is 0 Å². The van der Waals surface area contributed by atoms with Crippen LogP contribution in [-0.4, -0.2) is 15.0 Å². The third kappa shape index (κ3) is 2.47. The number of nitrogens with zero attached hydrogens (tertiary/aromatic N) is 2. The molecule has 5 N–H and O–H groups in total. The van der Waals surface area contributed by atoms with Crippen molar-refractivity contribution in [3.05, 3.63) is 39.6 Å². The number of rotatable bonds is 3. The number of fused-ring (bicyclic) bond motifs is 1. The molecule has 3 rings (SSSR count). The van der Waals surface area contributed by atoms with Gasteiger partial charge in [-0.25, -0.2) is 9.97 Å². The molecular formula is C12H11N5OS2. The molecule has 0 radical (unpaired) electrons. The number of aromatic nitrogens is 3. The summed E-state index contributed by atoms with van der Waals surface area (Å²) in [6.07, 6.45) is 0. The average molecular weight is 305 g/mol. The van der Waals surface area contributed by atoms with Crippen LogP contribution in [0.4, 0.5) is 11.5 Å². The molecule has 0 fully saturated rings. The first kappa shape index (κ1) is 12.9. The van der Waals surface area contributed by atoms with Crippen molar-refractivity contribution in [2.75, 3.05) is 11.5 Å². The van der Waals surface area contributed by atoms with E-state index in [0.717, 1.165) is 15.2 Å². The second kappa shape index (κ2) is 5.14. The van der Waals surface area contributed by atoms with Crippen LogP contribution in [0.25, 0.3) is 10.2 Å². The molecule has 0 unspecified atom stereocenters. The third-order valence-corrected chi connectivity index (χ3v) is 4.74. The first-order valence-electron chi connectivity index (χ1n) is 5.76. The predicted molar refractivity (Wildman–Crippen MR) is 82.9 cm³/mol. The van der Waals surface area contributed by atoms with E-state index in [4.69, 9.17) is 11.5 Å². The summed E-state index contributed by atoms with van der Waals surface area (Å²) in [4.78, 5) is 22.6. The summed E-state index contributed by atoms with van der Waals surface area (Å²) in [6, 6.07) is 7.94. The highest BCUT2D eigenvalue weighted by Gasteiger charge is 2.08. The first-order valence-corrected chi connectivity index (χ1v) is 7.56. The fraction of sp³-hybridized carbons (Fsp3) is 0.0833. The molecule has 2 heterocycles. The van der Waals surface area contributed by atoms with Gasteiger partial charge in [0.05, 0.1) is 16.0 Å². The van der Waals surface area contributed by atoms with Gasteiger partial charge in [-0.2, -0.15) is 0 Å². The summed E-state index contributed by atoms with van der Waals surface area (Å²) in [6.45, 7) is 0. The monoisotopic (exact) mass is 305 g/mol. The van der Waals surface area contributed by atoms with Crippen LogP contribution in [0.1, 0.15) is 5.01 Å². The van der Waals surface area contributed by atoms with E-state index in [-0.39, 0.29) is 11.5 Å². The number of aromatic amines is 1.